The number of aliphatic imine (C=N–C) groups is 1. The Hall–Kier alpha value is -3.02. The Morgan fingerprint density at radius 3 is 2.56 bits per heavy atom. The minimum absolute atomic E-state index is 0.0808. The van der Waals surface area contributed by atoms with Crippen LogP contribution in [0.5, 0.6) is 0 Å². The second-order valence-corrected chi connectivity index (χ2v) is 6.68. The molecule has 0 radical (unpaired) electrons. The number of anilines is 1. The average molecular weight is 365 g/mol. The monoisotopic (exact) mass is 365 g/mol. The summed E-state index contributed by atoms with van der Waals surface area (Å²) in [6, 6.07) is 18.7. The largest absolute Gasteiger partial charge is 0.360 e. The van der Waals surface area contributed by atoms with Gasteiger partial charge >= 0.3 is 0 Å². The fourth-order valence-electron chi connectivity index (χ4n) is 3.18. The van der Waals surface area contributed by atoms with Crippen molar-refractivity contribution in [3.63, 3.8) is 0 Å². The van der Waals surface area contributed by atoms with Crippen molar-refractivity contribution >= 4 is 17.6 Å². The van der Waals surface area contributed by atoms with Gasteiger partial charge in [-0.2, -0.15) is 0 Å². The van der Waals surface area contributed by atoms with Gasteiger partial charge in [0.1, 0.15) is 0 Å². The highest BCUT2D eigenvalue weighted by Crippen LogP contribution is 2.16. The van der Waals surface area contributed by atoms with Crippen molar-refractivity contribution in [2.24, 2.45) is 4.99 Å². The summed E-state index contributed by atoms with van der Waals surface area (Å²) in [6.45, 7) is 3.48. The average Bonchev–Trinajstić information content (AvgIpc) is 2.70. The summed E-state index contributed by atoms with van der Waals surface area (Å²) >= 11 is 0. The lowest BCUT2D eigenvalue weighted by Gasteiger charge is -2.28. The Morgan fingerprint density at radius 2 is 1.89 bits per heavy atom. The molecular weight excluding hydrogens is 338 g/mol. The van der Waals surface area contributed by atoms with Gasteiger partial charge in [-0.3, -0.25) is 9.79 Å². The van der Waals surface area contributed by atoms with Crippen LogP contribution >= 0.6 is 0 Å². The predicted octanol–water partition coefficient (Wildman–Crippen LogP) is 1.83. The van der Waals surface area contributed by atoms with Crippen LogP contribution in [0.4, 0.5) is 5.69 Å². The Morgan fingerprint density at radius 1 is 1.15 bits per heavy atom. The number of rotatable bonds is 5. The summed E-state index contributed by atoms with van der Waals surface area (Å²) in [7, 11) is 3.83. The van der Waals surface area contributed by atoms with Crippen LogP contribution in [0.25, 0.3) is 0 Å². The maximum atomic E-state index is 11.5. The maximum absolute atomic E-state index is 11.5. The van der Waals surface area contributed by atoms with E-state index in [4.69, 9.17) is 0 Å². The summed E-state index contributed by atoms with van der Waals surface area (Å²) in [5.41, 5.74) is 3.51. The molecule has 0 saturated carbocycles. The molecule has 0 aliphatic carbocycles. The number of nitrogens with one attached hydrogen (secondary N) is 2. The fraction of sp³-hybridized carbons (Fsp3) is 0.333. The topological polar surface area (TPSA) is 60.0 Å². The third-order valence-corrected chi connectivity index (χ3v) is 4.63. The van der Waals surface area contributed by atoms with Crippen LogP contribution in [-0.2, 0) is 17.9 Å². The van der Waals surface area contributed by atoms with Gasteiger partial charge in [-0.05, 0) is 23.3 Å². The number of benzene rings is 2. The maximum Gasteiger partial charge on any atom is 0.239 e. The highest BCUT2D eigenvalue weighted by atomic mass is 16.2. The first-order valence-electron chi connectivity index (χ1n) is 9.22. The van der Waals surface area contributed by atoms with Crippen LogP contribution in [-0.4, -0.2) is 50.5 Å². The van der Waals surface area contributed by atoms with Gasteiger partial charge in [0, 0.05) is 46.0 Å². The molecule has 2 aromatic rings. The third kappa shape index (κ3) is 5.23. The van der Waals surface area contributed by atoms with Crippen LogP contribution in [0, 0.1) is 0 Å². The van der Waals surface area contributed by atoms with Gasteiger partial charge in [0.05, 0.1) is 6.54 Å². The zero-order valence-electron chi connectivity index (χ0n) is 16.0. The molecule has 2 N–H and O–H groups in total. The van der Waals surface area contributed by atoms with E-state index in [0.717, 1.165) is 24.7 Å². The number of nitrogens with zero attached hydrogens (tertiary/aromatic N) is 3. The molecule has 1 amide bonds. The quantitative estimate of drug-likeness (QED) is 0.627. The third-order valence-electron chi connectivity index (χ3n) is 4.63. The molecule has 1 fully saturated rings. The molecule has 27 heavy (non-hydrogen) atoms. The SMILES string of the molecule is CN=C(NCc1ccc(N2CCNC(=O)C2)cc1)N(C)Cc1ccccc1. The zero-order chi connectivity index (χ0) is 19.1. The van der Waals surface area contributed by atoms with E-state index in [1.165, 1.54) is 11.1 Å². The molecule has 1 aliphatic heterocycles. The lowest BCUT2D eigenvalue weighted by Crippen LogP contribution is -2.47. The number of carbonyl (C=O) groups excluding carboxylic acids is 1. The standard InChI is InChI=1S/C21H27N5O/c1-22-21(25(2)15-18-6-4-3-5-7-18)24-14-17-8-10-19(11-9-17)26-13-12-23-20(27)16-26/h3-11H,12-16H2,1-2H3,(H,22,24)(H,23,27). The van der Waals surface area contributed by atoms with E-state index in [9.17, 15) is 4.79 Å². The van der Waals surface area contributed by atoms with E-state index in [1.54, 1.807) is 7.05 Å². The van der Waals surface area contributed by atoms with Gasteiger partial charge in [0.25, 0.3) is 0 Å². The van der Waals surface area contributed by atoms with Gasteiger partial charge in [-0.25, -0.2) is 0 Å². The van der Waals surface area contributed by atoms with Crippen molar-refractivity contribution < 1.29 is 4.79 Å². The molecule has 6 nitrogen and oxygen atoms in total. The van der Waals surface area contributed by atoms with Crippen LogP contribution < -0.4 is 15.5 Å². The summed E-state index contributed by atoms with van der Waals surface area (Å²) in [6.07, 6.45) is 0. The van der Waals surface area contributed by atoms with Crippen molar-refractivity contribution in [2.45, 2.75) is 13.1 Å². The minimum Gasteiger partial charge on any atom is -0.360 e. The molecule has 0 spiro atoms. The van der Waals surface area contributed by atoms with Gasteiger partial charge < -0.3 is 20.4 Å². The lowest BCUT2D eigenvalue weighted by atomic mass is 10.2. The van der Waals surface area contributed by atoms with E-state index in [0.29, 0.717) is 19.6 Å². The summed E-state index contributed by atoms with van der Waals surface area (Å²) < 4.78 is 0. The Balaban J connectivity index is 1.54. The molecule has 0 bridgehead atoms. The van der Waals surface area contributed by atoms with Gasteiger partial charge in [0.15, 0.2) is 5.96 Å². The van der Waals surface area contributed by atoms with E-state index in [-0.39, 0.29) is 5.91 Å². The first-order valence-corrected chi connectivity index (χ1v) is 9.22. The number of guanidine groups is 1. The zero-order valence-corrected chi connectivity index (χ0v) is 16.0. The molecule has 1 saturated heterocycles. The molecule has 0 atom stereocenters. The first-order chi connectivity index (χ1) is 13.2. The number of hydrogen-bond acceptors (Lipinski definition) is 3. The van der Waals surface area contributed by atoms with Crippen molar-refractivity contribution in [3.05, 3.63) is 65.7 Å². The predicted molar refractivity (Wildman–Crippen MR) is 110 cm³/mol. The highest BCUT2D eigenvalue weighted by molar-refractivity contribution is 5.82. The second-order valence-electron chi connectivity index (χ2n) is 6.68. The summed E-state index contributed by atoms with van der Waals surface area (Å²) in [4.78, 5) is 20.1. The normalized spacial score (nSPS) is 14.7. The van der Waals surface area contributed by atoms with Gasteiger partial charge in [-0.15, -0.1) is 0 Å². The van der Waals surface area contributed by atoms with E-state index < -0.39 is 0 Å². The smallest absolute Gasteiger partial charge is 0.239 e. The Bertz CT molecular complexity index is 773. The van der Waals surface area contributed by atoms with Crippen molar-refractivity contribution in [1.29, 1.82) is 0 Å². The molecule has 3 rings (SSSR count). The minimum atomic E-state index is 0.0808. The Labute approximate surface area is 160 Å². The van der Waals surface area contributed by atoms with E-state index >= 15 is 0 Å². The van der Waals surface area contributed by atoms with Crippen molar-refractivity contribution in [3.8, 4) is 0 Å². The fourth-order valence-corrected chi connectivity index (χ4v) is 3.18. The molecule has 6 heteroatoms. The molecule has 0 unspecified atom stereocenters. The van der Waals surface area contributed by atoms with Crippen LogP contribution in [0.1, 0.15) is 11.1 Å². The molecule has 142 valence electrons. The van der Waals surface area contributed by atoms with Crippen molar-refractivity contribution in [2.75, 3.05) is 38.6 Å². The number of amides is 1. The number of hydrogen-bond donors (Lipinski definition) is 2. The van der Waals surface area contributed by atoms with Crippen LogP contribution in [0.2, 0.25) is 0 Å². The van der Waals surface area contributed by atoms with Gasteiger partial charge in [-0.1, -0.05) is 42.5 Å². The molecule has 0 aromatic heterocycles. The van der Waals surface area contributed by atoms with E-state index in [2.05, 4.69) is 61.8 Å². The van der Waals surface area contributed by atoms with Crippen molar-refractivity contribution in [1.82, 2.24) is 15.5 Å². The van der Waals surface area contributed by atoms with Gasteiger partial charge in [0.2, 0.25) is 5.91 Å². The highest BCUT2D eigenvalue weighted by Gasteiger charge is 2.16. The number of piperazine rings is 1. The molecule has 1 heterocycles. The summed E-state index contributed by atoms with van der Waals surface area (Å²) in [5.74, 6) is 0.938. The first kappa shape index (κ1) is 18.8. The molecule has 2 aromatic carbocycles. The van der Waals surface area contributed by atoms with Crippen LogP contribution in [0.15, 0.2) is 59.6 Å². The molecular formula is C21H27N5O. The molecule has 1 aliphatic rings. The lowest BCUT2D eigenvalue weighted by molar-refractivity contribution is -0.120. The van der Waals surface area contributed by atoms with Crippen LogP contribution in [0.3, 0.4) is 0 Å². The summed E-state index contributed by atoms with van der Waals surface area (Å²) in [5, 5.41) is 6.26. The van der Waals surface area contributed by atoms with E-state index in [1.807, 2.05) is 25.2 Å². The number of carbonyl (C=O) groups is 1. The Kier molecular flexibility index (Phi) is 6.30. The second kappa shape index (κ2) is 9.07.